The summed E-state index contributed by atoms with van der Waals surface area (Å²) in [7, 11) is 1.36. The summed E-state index contributed by atoms with van der Waals surface area (Å²) in [5.41, 5.74) is 0. The summed E-state index contributed by atoms with van der Waals surface area (Å²) in [4.78, 5) is 48.0. The first kappa shape index (κ1) is 14.3. The molecule has 1 saturated heterocycles. The number of carboxylic acids is 1. The standard InChI is InChI=1S/C12H17N3O5/c1-14-9(16)4-8(11(14)19)13-12(20)15(6-10(17)18)5-7-2-3-7/h7-8H,2-6H2,1H3,(H,13,20)(H,17,18). The molecule has 20 heavy (non-hydrogen) atoms. The van der Waals surface area contributed by atoms with Crippen molar-refractivity contribution in [3.05, 3.63) is 0 Å². The first-order valence-corrected chi connectivity index (χ1v) is 6.46. The van der Waals surface area contributed by atoms with Crippen LogP contribution in [0.25, 0.3) is 0 Å². The predicted octanol–water partition coefficient (Wildman–Crippen LogP) is -0.750. The van der Waals surface area contributed by atoms with Crippen molar-refractivity contribution in [1.29, 1.82) is 0 Å². The minimum Gasteiger partial charge on any atom is -0.480 e. The molecule has 8 heteroatoms. The molecule has 2 fully saturated rings. The highest BCUT2D eigenvalue weighted by molar-refractivity contribution is 6.06. The van der Waals surface area contributed by atoms with E-state index in [-0.39, 0.29) is 12.3 Å². The molecule has 2 N–H and O–H groups in total. The third kappa shape index (κ3) is 3.25. The second kappa shape index (κ2) is 5.48. The van der Waals surface area contributed by atoms with Crippen LogP contribution in [0.2, 0.25) is 0 Å². The summed E-state index contributed by atoms with van der Waals surface area (Å²) < 4.78 is 0. The minimum absolute atomic E-state index is 0.0780. The Morgan fingerprint density at radius 3 is 2.50 bits per heavy atom. The van der Waals surface area contributed by atoms with Gasteiger partial charge in [-0.3, -0.25) is 19.3 Å². The van der Waals surface area contributed by atoms with Gasteiger partial charge in [-0.05, 0) is 18.8 Å². The van der Waals surface area contributed by atoms with Crippen LogP contribution in [0.1, 0.15) is 19.3 Å². The Hall–Kier alpha value is -2.12. The average molecular weight is 283 g/mol. The van der Waals surface area contributed by atoms with Crippen molar-refractivity contribution in [3.63, 3.8) is 0 Å². The summed E-state index contributed by atoms with van der Waals surface area (Å²) in [6.07, 6.45) is 1.88. The first-order valence-electron chi connectivity index (χ1n) is 6.46. The van der Waals surface area contributed by atoms with Crippen molar-refractivity contribution in [1.82, 2.24) is 15.1 Å². The Morgan fingerprint density at radius 1 is 1.40 bits per heavy atom. The van der Waals surface area contributed by atoms with Gasteiger partial charge in [-0.2, -0.15) is 0 Å². The Kier molecular flexibility index (Phi) is 3.91. The van der Waals surface area contributed by atoms with Crippen LogP contribution in [-0.2, 0) is 14.4 Å². The molecule has 1 aliphatic heterocycles. The van der Waals surface area contributed by atoms with Crippen molar-refractivity contribution in [2.75, 3.05) is 20.1 Å². The molecule has 0 spiro atoms. The highest BCUT2D eigenvalue weighted by atomic mass is 16.4. The van der Waals surface area contributed by atoms with Gasteiger partial charge in [0.2, 0.25) is 5.91 Å². The van der Waals surface area contributed by atoms with Crippen LogP contribution in [-0.4, -0.2) is 64.9 Å². The molecule has 1 aliphatic carbocycles. The second-order valence-corrected chi connectivity index (χ2v) is 5.21. The van der Waals surface area contributed by atoms with Gasteiger partial charge in [0.15, 0.2) is 0 Å². The fraction of sp³-hybridized carbons (Fsp3) is 0.667. The number of nitrogens with one attached hydrogen (secondary N) is 1. The summed E-state index contributed by atoms with van der Waals surface area (Å²) in [6, 6.07) is -1.50. The van der Waals surface area contributed by atoms with E-state index in [2.05, 4.69) is 5.32 Å². The van der Waals surface area contributed by atoms with Gasteiger partial charge < -0.3 is 15.3 Å². The van der Waals surface area contributed by atoms with Crippen molar-refractivity contribution in [3.8, 4) is 0 Å². The molecule has 0 aromatic carbocycles. The largest absolute Gasteiger partial charge is 0.480 e. The van der Waals surface area contributed by atoms with E-state index in [1.54, 1.807) is 0 Å². The molecule has 1 heterocycles. The molecule has 8 nitrogen and oxygen atoms in total. The number of hydrogen-bond donors (Lipinski definition) is 2. The lowest BCUT2D eigenvalue weighted by molar-refractivity contribution is -0.138. The van der Waals surface area contributed by atoms with E-state index in [1.807, 2.05) is 0 Å². The van der Waals surface area contributed by atoms with Gasteiger partial charge in [-0.15, -0.1) is 0 Å². The van der Waals surface area contributed by atoms with Gasteiger partial charge in [-0.25, -0.2) is 4.79 Å². The molecular weight excluding hydrogens is 266 g/mol. The number of imide groups is 1. The van der Waals surface area contributed by atoms with Crippen LogP contribution in [0, 0.1) is 5.92 Å². The molecule has 0 aromatic rings. The fourth-order valence-corrected chi connectivity index (χ4v) is 2.10. The van der Waals surface area contributed by atoms with Crippen LogP contribution in [0.15, 0.2) is 0 Å². The van der Waals surface area contributed by atoms with Crippen molar-refractivity contribution < 1.29 is 24.3 Å². The SMILES string of the molecule is CN1C(=O)CC(NC(=O)N(CC(=O)O)CC2CC2)C1=O. The molecule has 0 radical (unpaired) electrons. The molecule has 2 aliphatic rings. The molecule has 4 amide bonds. The third-order valence-electron chi connectivity index (χ3n) is 3.47. The molecule has 1 saturated carbocycles. The quantitative estimate of drug-likeness (QED) is 0.646. The van der Waals surface area contributed by atoms with E-state index in [4.69, 9.17) is 5.11 Å². The monoisotopic (exact) mass is 283 g/mol. The van der Waals surface area contributed by atoms with Gasteiger partial charge >= 0.3 is 12.0 Å². The number of carbonyl (C=O) groups excluding carboxylic acids is 3. The summed E-state index contributed by atoms with van der Waals surface area (Å²) in [5.74, 6) is -1.59. The van der Waals surface area contributed by atoms with Gasteiger partial charge in [-0.1, -0.05) is 0 Å². The molecule has 110 valence electrons. The predicted molar refractivity (Wildman–Crippen MR) is 66.6 cm³/mol. The Balaban J connectivity index is 1.95. The Labute approximate surface area is 115 Å². The van der Waals surface area contributed by atoms with Crippen LogP contribution >= 0.6 is 0 Å². The van der Waals surface area contributed by atoms with Crippen LogP contribution in [0.3, 0.4) is 0 Å². The molecular formula is C12H17N3O5. The number of carboxylic acid groups (broad SMARTS) is 1. The van der Waals surface area contributed by atoms with E-state index >= 15 is 0 Å². The number of likely N-dealkylation sites (tertiary alicyclic amines) is 1. The number of likely N-dealkylation sites (N-methyl/N-ethyl adjacent to an activating group) is 1. The van der Waals surface area contributed by atoms with E-state index in [9.17, 15) is 19.2 Å². The zero-order valence-electron chi connectivity index (χ0n) is 11.2. The lowest BCUT2D eigenvalue weighted by Crippen LogP contribution is -2.49. The Bertz CT molecular complexity index is 460. The van der Waals surface area contributed by atoms with E-state index in [1.165, 1.54) is 11.9 Å². The third-order valence-corrected chi connectivity index (χ3v) is 3.47. The van der Waals surface area contributed by atoms with Crippen LogP contribution in [0.5, 0.6) is 0 Å². The normalized spacial score (nSPS) is 22.1. The van der Waals surface area contributed by atoms with Crippen molar-refractivity contribution >= 4 is 23.8 Å². The van der Waals surface area contributed by atoms with Gasteiger partial charge in [0, 0.05) is 13.6 Å². The van der Waals surface area contributed by atoms with E-state index in [0.29, 0.717) is 12.5 Å². The highest BCUT2D eigenvalue weighted by Crippen LogP contribution is 2.29. The maximum atomic E-state index is 12.0. The summed E-state index contributed by atoms with van der Waals surface area (Å²) >= 11 is 0. The molecule has 2 rings (SSSR count). The highest BCUT2D eigenvalue weighted by Gasteiger charge is 2.38. The number of rotatable bonds is 5. The number of hydrogen-bond acceptors (Lipinski definition) is 4. The number of nitrogens with zero attached hydrogens (tertiary/aromatic N) is 2. The lowest BCUT2D eigenvalue weighted by Gasteiger charge is -2.22. The first-order chi connectivity index (χ1) is 9.38. The molecule has 0 aromatic heterocycles. The smallest absolute Gasteiger partial charge is 0.323 e. The maximum absolute atomic E-state index is 12.0. The number of aliphatic carboxylic acids is 1. The number of urea groups is 1. The summed E-state index contributed by atoms with van der Waals surface area (Å²) in [6.45, 7) is -0.0458. The van der Waals surface area contributed by atoms with Gasteiger partial charge in [0.1, 0.15) is 12.6 Å². The topological polar surface area (TPSA) is 107 Å². The van der Waals surface area contributed by atoms with Gasteiger partial charge in [0.05, 0.1) is 6.42 Å². The van der Waals surface area contributed by atoms with E-state index in [0.717, 1.165) is 17.7 Å². The van der Waals surface area contributed by atoms with Crippen molar-refractivity contribution in [2.24, 2.45) is 5.92 Å². The van der Waals surface area contributed by atoms with Crippen LogP contribution in [0.4, 0.5) is 4.79 Å². The number of amides is 4. The fourth-order valence-electron chi connectivity index (χ4n) is 2.10. The summed E-state index contributed by atoms with van der Waals surface area (Å²) in [5, 5.41) is 11.3. The maximum Gasteiger partial charge on any atom is 0.323 e. The van der Waals surface area contributed by atoms with Crippen molar-refractivity contribution in [2.45, 2.75) is 25.3 Å². The van der Waals surface area contributed by atoms with Crippen LogP contribution < -0.4 is 5.32 Å². The molecule has 1 atom stereocenters. The minimum atomic E-state index is -1.10. The molecule has 0 bridgehead atoms. The van der Waals surface area contributed by atoms with E-state index < -0.39 is 30.5 Å². The Morgan fingerprint density at radius 2 is 2.05 bits per heavy atom. The molecule has 1 unspecified atom stereocenters. The van der Waals surface area contributed by atoms with Gasteiger partial charge in [0.25, 0.3) is 5.91 Å². The zero-order valence-corrected chi connectivity index (χ0v) is 11.2. The zero-order chi connectivity index (χ0) is 14.9. The lowest BCUT2D eigenvalue weighted by atomic mass is 10.2. The number of carbonyl (C=O) groups is 4. The average Bonchev–Trinajstić information content (AvgIpc) is 3.14. The second-order valence-electron chi connectivity index (χ2n) is 5.21.